The zero-order valence-electron chi connectivity index (χ0n) is 14.2. The van der Waals surface area contributed by atoms with Crippen LogP contribution in [0.2, 0.25) is 0 Å². The summed E-state index contributed by atoms with van der Waals surface area (Å²) in [5.74, 6) is 1.41. The molecule has 0 atom stereocenters. The molecule has 1 aliphatic rings. The zero-order valence-corrected chi connectivity index (χ0v) is 14.2. The van der Waals surface area contributed by atoms with Crippen molar-refractivity contribution < 1.29 is 9.47 Å². The molecule has 5 rings (SSSR count). The van der Waals surface area contributed by atoms with Crippen LogP contribution in [0.3, 0.4) is 0 Å². The van der Waals surface area contributed by atoms with E-state index in [-0.39, 0.29) is 6.79 Å². The first-order chi connectivity index (χ1) is 13.3. The molecule has 2 aromatic carbocycles. The lowest BCUT2D eigenvalue weighted by Crippen LogP contribution is -1.98. The second-order valence-electron chi connectivity index (χ2n) is 6.19. The monoisotopic (exact) mass is 354 g/mol. The number of nitriles is 1. The van der Waals surface area contributed by atoms with E-state index in [1.807, 2.05) is 48.7 Å². The van der Waals surface area contributed by atoms with Gasteiger partial charge >= 0.3 is 0 Å². The average Bonchev–Trinajstić information content (AvgIpc) is 3.36. The van der Waals surface area contributed by atoms with Crippen molar-refractivity contribution in [3.05, 3.63) is 66.6 Å². The molecular formula is C21H14N4O2. The maximum atomic E-state index is 9.58. The molecule has 0 amide bonds. The second kappa shape index (κ2) is 6.07. The summed E-state index contributed by atoms with van der Waals surface area (Å²) in [6.07, 6.45) is 5.21. The molecule has 0 radical (unpaired) electrons. The summed E-state index contributed by atoms with van der Waals surface area (Å²) in [4.78, 5) is 7.41. The van der Waals surface area contributed by atoms with Crippen molar-refractivity contribution in [1.29, 1.82) is 5.26 Å². The third kappa shape index (κ3) is 2.62. The molecule has 130 valence electrons. The molecule has 0 saturated heterocycles. The highest BCUT2D eigenvalue weighted by atomic mass is 16.7. The van der Waals surface area contributed by atoms with Crippen LogP contribution in [-0.4, -0.2) is 16.8 Å². The number of pyridine rings is 1. The summed E-state index contributed by atoms with van der Waals surface area (Å²) >= 11 is 0. The van der Waals surface area contributed by atoms with Crippen LogP contribution in [0.15, 0.2) is 61.1 Å². The normalized spacial score (nSPS) is 12.1. The largest absolute Gasteiger partial charge is 0.454 e. The maximum absolute atomic E-state index is 9.58. The van der Waals surface area contributed by atoms with Gasteiger partial charge < -0.3 is 19.8 Å². The number of nitrogens with zero attached hydrogens (tertiary/aromatic N) is 2. The molecule has 0 saturated carbocycles. The molecule has 0 fully saturated rings. The van der Waals surface area contributed by atoms with Crippen molar-refractivity contribution in [3.63, 3.8) is 0 Å². The molecule has 4 aromatic rings. The molecule has 2 N–H and O–H groups in total. The maximum Gasteiger partial charge on any atom is 0.231 e. The number of aromatic amines is 1. The highest BCUT2D eigenvalue weighted by Gasteiger charge is 2.17. The van der Waals surface area contributed by atoms with E-state index in [9.17, 15) is 5.26 Å². The predicted molar refractivity (Wildman–Crippen MR) is 102 cm³/mol. The van der Waals surface area contributed by atoms with Gasteiger partial charge in [-0.25, -0.2) is 0 Å². The molecule has 0 aliphatic carbocycles. The van der Waals surface area contributed by atoms with Gasteiger partial charge in [-0.1, -0.05) is 6.07 Å². The first-order valence-corrected chi connectivity index (χ1v) is 8.44. The minimum absolute atomic E-state index is 0.219. The van der Waals surface area contributed by atoms with E-state index in [1.54, 1.807) is 12.4 Å². The molecular weight excluding hydrogens is 340 g/mol. The Bertz CT molecular complexity index is 1210. The third-order valence-corrected chi connectivity index (χ3v) is 4.57. The van der Waals surface area contributed by atoms with Gasteiger partial charge in [-0.05, 0) is 42.0 Å². The molecule has 6 nitrogen and oxygen atoms in total. The van der Waals surface area contributed by atoms with Gasteiger partial charge in [0.15, 0.2) is 11.5 Å². The number of rotatable bonds is 3. The highest BCUT2D eigenvalue weighted by Crippen LogP contribution is 2.39. The van der Waals surface area contributed by atoms with Crippen LogP contribution >= 0.6 is 0 Å². The Balaban J connectivity index is 1.61. The number of H-pyrrole nitrogens is 1. The number of hydrogen-bond donors (Lipinski definition) is 2. The van der Waals surface area contributed by atoms with Crippen molar-refractivity contribution in [3.8, 4) is 28.7 Å². The van der Waals surface area contributed by atoms with Crippen molar-refractivity contribution >= 4 is 22.3 Å². The van der Waals surface area contributed by atoms with Crippen LogP contribution in [0.5, 0.6) is 11.5 Å². The lowest BCUT2D eigenvalue weighted by atomic mass is 10.0. The number of aromatic nitrogens is 2. The lowest BCUT2D eigenvalue weighted by molar-refractivity contribution is 0.174. The van der Waals surface area contributed by atoms with Gasteiger partial charge in [0.25, 0.3) is 0 Å². The average molecular weight is 354 g/mol. The van der Waals surface area contributed by atoms with Crippen LogP contribution in [0.1, 0.15) is 5.56 Å². The number of anilines is 2. The Hall–Kier alpha value is -3.98. The Morgan fingerprint density at radius 3 is 2.89 bits per heavy atom. The molecule has 0 unspecified atom stereocenters. The SMILES string of the molecule is N#Cc1cncc(-c2ccc3c(c2)OCO3)c1Nc1ccc2[nH]ccc2c1. The van der Waals surface area contributed by atoms with Gasteiger partial charge in [-0.2, -0.15) is 5.26 Å². The van der Waals surface area contributed by atoms with Crippen LogP contribution in [0.4, 0.5) is 11.4 Å². The Labute approximate surface area is 155 Å². The summed E-state index contributed by atoms with van der Waals surface area (Å²) in [5, 5.41) is 14.1. The van der Waals surface area contributed by atoms with E-state index >= 15 is 0 Å². The van der Waals surface area contributed by atoms with Gasteiger partial charge in [-0.15, -0.1) is 0 Å². The van der Waals surface area contributed by atoms with Gasteiger partial charge in [0.05, 0.1) is 11.3 Å². The number of nitrogens with one attached hydrogen (secondary N) is 2. The molecule has 6 heteroatoms. The van der Waals surface area contributed by atoms with Crippen molar-refractivity contribution in [2.24, 2.45) is 0 Å². The van der Waals surface area contributed by atoms with Crippen molar-refractivity contribution in [1.82, 2.24) is 9.97 Å². The van der Waals surface area contributed by atoms with Crippen molar-refractivity contribution in [2.75, 3.05) is 12.1 Å². The summed E-state index contributed by atoms with van der Waals surface area (Å²) in [7, 11) is 0. The van der Waals surface area contributed by atoms with Gasteiger partial charge in [-0.3, -0.25) is 4.98 Å². The smallest absolute Gasteiger partial charge is 0.231 e. The topological polar surface area (TPSA) is 83.0 Å². The van der Waals surface area contributed by atoms with E-state index < -0.39 is 0 Å². The van der Waals surface area contributed by atoms with E-state index in [1.165, 1.54) is 0 Å². The number of benzene rings is 2. The van der Waals surface area contributed by atoms with Crippen molar-refractivity contribution in [2.45, 2.75) is 0 Å². The fraction of sp³-hybridized carbons (Fsp3) is 0.0476. The lowest BCUT2D eigenvalue weighted by Gasteiger charge is -2.14. The minimum Gasteiger partial charge on any atom is -0.454 e. The molecule has 0 spiro atoms. The van der Waals surface area contributed by atoms with Gasteiger partial charge in [0.1, 0.15) is 6.07 Å². The quantitative estimate of drug-likeness (QED) is 0.563. The molecule has 1 aliphatic heterocycles. The zero-order chi connectivity index (χ0) is 18.2. The molecule has 0 bridgehead atoms. The summed E-state index contributed by atoms with van der Waals surface area (Å²) in [6, 6.07) is 16.0. The number of ether oxygens (including phenoxy) is 2. The predicted octanol–water partition coefficient (Wildman–Crippen LogP) is 4.57. The van der Waals surface area contributed by atoms with Crippen LogP contribution < -0.4 is 14.8 Å². The number of fused-ring (bicyclic) bond motifs is 2. The second-order valence-corrected chi connectivity index (χ2v) is 6.19. The fourth-order valence-corrected chi connectivity index (χ4v) is 3.24. The van der Waals surface area contributed by atoms with E-state index in [4.69, 9.17) is 9.47 Å². The first kappa shape index (κ1) is 15.3. The fourth-order valence-electron chi connectivity index (χ4n) is 3.24. The van der Waals surface area contributed by atoms with Gasteiger partial charge in [0.2, 0.25) is 6.79 Å². The third-order valence-electron chi connectivity index (χ3n) is 4.57. The Morgan fingerprint density at radius 1 is 1.04 bits per heavy atom. The first-order valence-electron chi connectivity index (χ1n) is 8.44. The minimum atomic E-state index is 0.219. The van der Waals surface area contributed by atoms with Crippen LogP contribution in [0.25, 0.3) is 22.0 Å². The Kier molecular flexibility index (Phi) is 3.44. The van der Waals surface area contributed by atoms with E-state index in [0.29, 0.717) is 17.0 Å². The number of hydrogen-bond acceptors (Lipinski definition) is 5. The summed E-state index contributed by atoms with van der Waals surface area (Å²) in [5.41, 5.74) is 4.86. The van der Waals surface area contributed by atoms with Gasteiger partial charge in [0, 0.05) is 40.7 Å². The van der Waals surface area contributed by atoms with E-state index in [0.717, 1.165) is 33.5 Å². The summed E-state index contributed by atoms with van der Waals surface area (Å²) in [6.45, 7) is 0.219. The Morgan fingerprint density at radius 2 is 1.96 bits per heavy atom. The standard InChI is InChI=1S/C21H14N4O2/c22-9-15-10-23-11-17(13-1-4-19-20(8-13)27-12-26-19)21(15)25-16-2-3-18-14(7-16)5-6-24-18/h1-8,10-11,24H,12H2,(H,23,25). The summed E-state index contributed by atoms with van der Waals surface area (Å²) < 4.78 is 10.9. The molecule has 27 heavy (non-hydrogen) atoms. The molecule has 3 heterocycles. The van der Waals surface area contributed by atoms with E-state index in [2.05, 4.69) is 21.4 Å². The molecule has 2 aromatic heterocycles. The highest BCUT2D eigenvalue weighted by molar-refractivity contribution is 5.88. The van der Waals surface area contributed by atoms with Crippen LogP contribution in [0, 0.1) is 11.3 Å². The van der Waals surface area contributed by atoms with Crippen LogP contribution in [-0.2, 0) is 0 Å².